The summed E-state index contributed by atoms with van der Waals surface area (Å²) in [5.74, 6) is 0.348. The fourth-order valence-corrected chi connectivity index (χ4v) is 3.14. The first-order chi connectivity index (χ1) is 11.6. The van der Waals surface area contributed by atoms with Crippen LogP contribution in [0.1, 0.15) is 11.1 Å². The number of nitrogens with zero attached hydrogens (tertiary/aromatic N) is 1. The molecule has 0 atom stereocenters. The van der Waals surface area contributed by atoms with Crippen molar-refractivity contribution in [1.29, 1.82) is 0 Å². The van der Waals surface area contributed by atoms with Gasteiger partial charge in [0.2, 0.25) is 0 Å². The monoisotopic (exact) mass is 447 g/mol. The summed E-state index contributed by atoms with van der Waals surface area (Å²) in [5, 5.41) is 0. The van der Waals surface area contributed by atoms with Crippen LogP contribution in [0.5, 0.6) is 5.75 Å². The summed E-state index contributed by atoms with van der Waals surface area (Å²) in [4.78, 5) is 12.6. The number of benzene rings is 2. The molecular weight excluding hydrogens is 434 g/mol. The van der Waals surface area contributed by atoms with Gasteiger partial charge in [0.05, 0.1) is 6.54 Å². The molecule has 0 aliphatic heterocycles. The lowest BCUT2D eigenvalue weighted by Gasteiger charge is -2.11. The van der Waals surface area contributed by atoms with Crippen molar-refractivity contribution < 1.29 is 4.74 Å². The summed E-state index contributed by atoms with van der Waals surface area (Å²) < 4.78 is 9.34. The van der Waals surface area contributed by atoms with Crippen LogP contribution in [0.4, 0.5) is 0 Å². The Morgan fingerprint density at radius 3 is 2.12 bits per heavy atom. The predicted molar refractivity (Wildman–Crippen MR) is 102 cm³/mol. The van der Waals surface area contributed by atoms with Crippen molar-refractivity contribution in [2.75, 3.05) is 0 Å². The minimum Gasteiger partial charge on any atom is -0.483 e. The normalized spacial score (nSPS) is 10.6. The average Bonchev–Trinajstić information content (AvgIpc) is 2.59. The van der Waals surface area contributed by atoms with Crippen molar-refractivity contribution in [3.63, 3.8) is 0 Å². The van der Waals surface area contributed by atoms with Gasteiger partial charge in [0.25, 0.3) is 5.56 Å². The minimum absolute atomic E-state index is 0.139. The van der Waals surface area contributed by atoms with Crippen LogP contribution in [-0.2, 0) is 13.2 Å². The predicted octanol–water partition coefficient (Wildman–Crippen LogP) is 5.00. The molecule has 24 heavy (non-hydrogen) atoms. The third kappa shape index (κ3) is 3.97. The SMILES string of the molecule is O=c1c(OCc2ccccc2Br)cccn1Cc1ccccc1Br. The number of halogens is 2. The van der Waals surface area contributed by atoms with E-state index in [0.717, 1.165) is 20.1 Å². The zero-order valence-electron chi connectivity index (χ0n) is 12.8. The van der Waals surface area contributed by atoms with Crippen LogP contribution in [0, 0.1) is 0 Å². The second kappa shape index (κ2) is 7.81. The summed E-state index contributed by atoms with van der Waals surface area (Å²) in [6.45, 7) is 0.836. The highest BCUT2D eigenvalue weighted by Gasteiger charge is 2.08. The first-order valence-corrected chi connectivity index (χ1v) is 9.03. The van der Waals surface area contributed by atoms with Crippen LogP contribution >= 0.6 is 31.9 Å². The standard InChI is InChI=1S/C19H15Br2NO2/c20-16-8-3-1-6-14(16)12-22-11-5-10-18(19(22)23)24-13-15-7-2-4-9-17(15)21/h1-11H,12-13H2. The molecule has 3 aromatic rings. The van der Waals surface area contributed by atoms with Crippen molar-refractivity contribution in [1.82, 2.24) is 4.57 Å². The zero-order chi connectivity index (χ0) is 16.9. The Morgan fingerprint density at radius 1 is 0.833 bits per heavy atom. The van der Waals surface area contributed by atoms with E-state index < -0.39 is 0 Å². The van der Waals surface area contributed by atoms with Crippen molar-refractivity contribution in [3.05, 3.63) is 97.3 Å². The number of hydrogen-bond donors (Lipinski definition) is 0. The molecule has 0 N–H and O–H groups in total. The molecule has 1 heterocycles. The first kappa shape index (κ1) is 17.0. The lowest BCUT2D eigenvalue weighted by Crippen LogP contribution is -2.21. The van der Waals surface area contributed by atoms with Gasteiger partial charge in [0.15, 0.2) is 5.75 Å². The van der Waals surface area contributed by atoms with E-state index in [4.69, 9.17) is 4.74 Å². The Morgan fingerprint density at radius 2 is 1.46 bits per heavy atom. The van der Waals surface area contributed by atoms with Gasteiger partial charge in [-0.2, -0.15) is 0 Å². The first-order valence-electron chi connectivity index (χ1n) is 7.44. The van der Waals surface area contributed by atoms with Gasteiger partial charge in [-0.05, 0) is 29.8 Å². The summed E-state index contributed by atoms with van der Waals surface area (Å²) in [7, 11) is 0. The molecule has 0 bridgehead atoms. The Balaban J connectivity index is 1.80. The Bertz CT molecular complexity index is 906. The fraction of sp³-hybridized carbons (Fsp3) is 0.105. The van der Waals surface area contributed by atoms with E-state index in [2.05, 4.69) is 31.9 Å². The largest absolute Gasteiger partial charge is 0.483 e. The molecule has 0 saturated heterocycles. The quantitative estimate of drug-likeness (QED) is 0.549. The Labute approximate surface area is 157 Å². The molecule has 0 saturated carbocycles. The molecule has 0 amide bonds. The van der Waals surface area contributed by atoms with E-state index in [-0.39, 0.29) is 5.56 Å². The molecular formula is C19H15Br2NO2. The molecule has 122 valence electrons. The number of ether oxygens (including phenoxy) is 1. The van der Waals surface area contributed by atoms with E-state index in [1.165, 1.54) is 0 Å². The average molecular weight is 449 g/mol. The second-order valence-corrected chi connectivity index (χ2v) is 6.99. The fourth-order valence-electron chi connectivity index (χ4n) is 2.33. The molecule has 0 aliphatic carbocycles. The minimum atomic E-state index is -0.139. The maximum absolute atomic E-state index is 12.6. The van der Waals surface area contributed by atoms with Crippen molar-refractivity contribution >= 4 is 31.9 Å². The van der Waals surface area contributed by atoms with Crippen LogP contribution < -0.4 is 10.3 Å². The van der Waals surface area contributed by atoms with E-state index in [9.17, 15) is 4.79 Å². The Hall–Kier alpha value is -1.85. The van der Waals surface area contributed by atoms with E-state index >= 15 is 0 Å². The van der Waals surface area contributed by atoms with Gasteiger partial charge >= 0.3 is 0 Å². The van der Waals surface area contributed by atoms with Gasteiger partial charge in [-0.25, -0.2) is 0 Å². The van der Waals surface area contributed by atoms with E-state index in [1.807, 2.05) is 54.6 Å². The number of rotatable bonds is 5. The molecule has 2 aromatic carbocycles. The topological polar surface area (TPSA) is 31.2 Å². The summed E-state index contributed by atoms with van der Waals surface area (Å²) in [6.07, 6.45) is 1.77. The summed E-state index contributed by atoms with van der Waals surface area (Å²) >= 11 is 7.00. The molecule has 5 heteroatoms. The summed E-state index contributed by atoms with van der Waals surface area (Å²) in [6, 6.07) is 19.2. The molecule has 0 radical (unpaired) electrons. The highest BCUT2D eigenvalue weighted by Crippen LogP contribution is 2.19. The molecule has 3 nitrogen and oxygen atoms in total. The van der Waals surface area contributed by atoms with E-state index in [0.29, 0.717) is 18.9 Å². The van der Waals surface area contributed by atoms with Gasteiger partial charge in [0, 0.05) is 20.7 Å². The third-order valence-corrected chi connectivity index (χ3v) is 5.17. The smallest absolute Gasteiger partial charge is 0.293 e. The van der Waals surface area contributed by atoms with Crippen molar-refractivity contribution in [2.45, 2.75) is 13.2 Å². The highest BCUT2D eigenvalue weighted by atomic mass is 79.9. The Kier molecular flexibility index (Phi) is 5.53. The lowest BCUT2D eigenvalue weighted by atomic mass is 10.2. The highest BCUT2D eigenvalue weighted by molar-refractivity contribution is 9.10. The van der Waals surface area contributed by atoms with Crippen molar-refractivity contribution in [2.24, 2.45) is 0 Å². The molecule has 0 unspecified atom stereocenters. The van der Waals surface area contributed by atoms with Gasteiger partial charge in [-0.3, -0.25) is 4.79 Å². The zero-order valence-corrected chi connectivity index (χ0v) is 16.0. The number of hydrogen-bond acceptors (Lipinski definition) is 2. The van der Waals surface area contributed by atoms with Crippen LogP contribution in [0.3, 0.4) is 0 Å². The van der Waals surface area contributed by atoms with Gasteiger partial charge in [-0.15, -0.1) is 0 Å². The van der Waals surface area contributed by atoms with Gasteiger partial charge in [-0.1, -0.05) is 68.3 Å². The molecule has 0 fully saturated rings. The molecule has 0 spiro atoms. The maximum Gasteiger partial charge on any atom is 0.293 e. The maximum atomic E-state index is 12.6. The van der Waals surface area contributed by atoms with Crippen LogP contribution in [0.15, 0.2) is 80.6 Å². The van der Waals surface area contributed by atoms with E-state index in [1.54, 1.807) is 16.8 Å². The lowest BCUT2D eigenvalue weighted by molar-refractivity contribution is 0.298. The van der Waals surface area contributed by atoms with Crippen LogP contribution in [0.25, 0.3) is 0 Å². The summed E-state index contributed by atoms with van der Waals surface area (Å²) in [5.41, 5.74) is 1.90. The molecule has 3 rings (SSSR count). The van der Waals surface area contributed by atoms with Crippen molar-refractivity contribution in [3.8, 4) is 5.75 Å². The van der Waals surface area contributed by atoms with Crippen LogP contribution in [0.2, 0.25) is 0 Å². The molecule has 1 aromatic heterocycles. The molecule has 0 aliphatic rings. The number of pyridine rings is 1. The number of aromatic nitrogens is 1. The third-order valence-electron chi connectivity index (χ3n) is 3.62. The second-order valence-electron chi connectivity index (χ2n) is 5.28. The van der Waals surface area contributed by atoms with Gasteiger partial charge in [0.1, 0.15) is 6.61 Å². The van der Waals surface area contributed by atoms with Gasteiger partial charge < -0.3 is 9.30 Å². The van der Waals surface area contributed by atoms with Crippen LogP contribution in [-0.4, -0.2) is 4.57 Å².